The van der Waals surface area contributed by atoms with E-state index in [-0.39, 0.29) is 11.5 Å². The number of methoxy groups -OCH3 is 1. The van der Waals surface area contributed by atoms with Gasteiger partial charge in [0, 0.05) is 18.1 Å². The molecule has 0 aliphatic rings. The van der Waals surface area contributed by atoms with E-state index >= 15 is 0 Å². The summed E-state index contributed by atoms with van der Waals surface area (Å²) in [6.07, 6.45) is 3.36. The monoisotopic (exact) mass is 299 g/mol. The quantitative estimate of drug-likeness (QED) is 0.755. The third-order valence-electron chi connectivity index (χ3n) is 3.46. The third kappa shape index (κ3) is 2.50. The number of esters is 1. The first kappa shape index (κ1) is 14.1. The highest BCUT2D eigenvalue weighted by atomic mass is 19.1. The Morgan fingerprint density at radius 2 is 2.09 bits per heavy atom. The summed E-state index contributed by atoms with van der Waals surface area (Å²) in [4.78, 5) is 15.6. The number of benzene rings is 1. The summed E-state index contributed by atoms with van der Waals surface area (Å²) in [6.45, 7) is 0.535. The number of carbonyl (C=O) groups excluding carboxylic acids is 1. The van der Waals surface area contributed by atoms with Crippen molar-refractivity contribution in [3.63, 3.8) is 0 Å². The largest absolute Gasteiger partial charge is 0.464 e. The van der Waals surface area contributed by atoms with E-state index in [1.165, 1.54) is 19.2 Å². The lowest BCUT2D eigenvalue weighted by Crippen LogP contribution is -2.04. The van der Waals surface area contributed by atoms with Gasteiger partial charge < -0.3 is 15.0 Å². The van der Waals surface area contributed by atoms with Crippen LogP contribution in [0.15, 0.2) is 42.7 Å². The van der Waals surface area contributed by atoms with Crippen LogP contribution in [0.5, 0.6) is 0 Å². The van der Waals surface area contributed by atoms with Gasteiger partial charge in [-0.3, -0.25) is 0 Å². The first-order chi connectivity index (χ1) is 10.6. The minimum Gasteiger partial charge on any atom is -0.464 e. The zero-order valence-corrected chi connectivity index (χ0v) is 11.9. The van der Waals surface area contributed by atoms with Crippen LogP contribution in [0, 0.1) is 5.82 Å². The molecule has 5 nitrogen and oxygen atoms in total. The summed E-state index contributed by atoms with van der Waals surface area (Å²) < 4.78 is 19.5. The van der Waals surface area contributed by atoms with E-state index in [2.05, 4.69) is 9.72 Å². The maximum atomic E-state index is 13.0. The van der Waals surface area contributed by atoms with Crippen molar-refractivity contribution in [2.45, 2.75) is 6.54 Å². The van der Waals surface area contributed by atoms with Crippen molar-refractivity contribution in [2.75, 3.05) is 12.8 Å². The molecule has 0 fully saturated rings. The number of halogens is 1. The van der Waals surface area contributed by atoms with Crippen molar-refractivity contribution in [2.24, 2.45) is 0 Å². The Labute approximate surface area is 126 Å². The van der Waals surface area contributed by atoms with Gasteiger partial charge in [0.05, 0.1) is 24.5 Å². The molecular formula is C16H14FN3O2. The number of fused-ring (bicyclic) bond motifs is 1. The average molecular weight is 299 g/mol. The fourth-order valence-electron chi connectivity index (χ4n) is 2.35. The van der Waals surface area contributed by atoms with Crippen LogP contribution in [-0.4, -0.2) is 22.6 Å². The second kappa shape index (κ2) is 5.48. The van der Waals surface area contributed by atoms with Crippen LogP contribution in [0.1, 0.15) is 16.1 Å². The van der Waals surface area contributed by atoms with Crippen molar-refractivity contribution in [1.29, 1.82) is 0 Å². The smallest absolute Gasteiger partial charge is 0.356 e. The highest BCUT2D eigenvalue weighted by Crippen LogP contribution is 2.24. The number of nitrogen functional groups attached to an aromatic ring is 1. The molecule has 0 saturated carbocycles. The third-order valence-corrected chi connectivity index (χ3v) is 3.46. The first-order valence-corrected chi connectivity index (χ1v) is 6.65. The van der Waals surface area contributed by atoms with Gasteiger partial charge in [0.15, 0.2) is 0 Å². The highest BCUT2D eigenvalue weighted by Gasteiger charge is 2.12. The van der Waals surface area contributed by atoms with Crippen LogP contribution in [-0.2, 0) is 11.3 Å². The number of ether oxygens (including phenoxy) is 1. The maximum Gasteiger partial charge on any atom is 0.356 e. The number of rotatable bonds is 3. The second-order valence-electron chi connectivity index (χ2n) is 4.92. The molecule has 6 heteroatoms. The minimum atomic E-state index is -0.507. The standard InChI is InChI=1S/C16H14FN3O2/c1-22-16(21)14-6-12-13(18)9-20(15(12)7-19-14)8-10-2-4-11(17)5-3-10/h2-7,9H,8,18H2,1H3. The van der Waals surface area contributed by atoms with Crippen LogP contribution in [0.4, 0.5) is 10.1 Å². The average Bonchev–Trinajstić information content (AvgIpc) is 2.84. The summed E-state index contributed by atoms with van der Waals surface area (Å²) >= 11 is 0. The summed E-state index contributed by atoms with van der Waals surface area (Å²) in [6, 6.07) is 7.87. The lowest BCUT2D eigenvalue weighted by atomic mass is 10.2. The molecule has 0 aliphatic heterocycles. The van der Waals surface area contributed by atoms with Gasteiger partial charge in [-0.1, -0.05) is 12.1 Å². The SMILES string of the molecule is COC(=O)c1cc2c(N)cn(Cc3ccc(F)cc3)c2cn1. The van der Waals surface area contributed by atoms with Crippen molar-refractivity contribution in [3.8, 4) is 0 Å². The van der Waals surface area contributed by atoms with Crippen LogP contribution in [0.3, 0.4) is 0 Å². The molecule has 0 spiro atoms. The molecule has 3 rings (SSSR count). The van der Waals surface area contributed by atoms with E-state index in [4.69, 9.17) is 5.73 Å². The second-order valence-corrected chi connectivity index (χ2v) is 4.92. The van der Waals surface area contributed by atoms with Crippen LogP contribution in [0.25, 0.3) is 10.9 Å². The molecule has 0 aliphatic carbocycles. The van der Waals surface area contributed by atoms with Crippen molar-refractivity contribution < 1.29 is 13.9 Å². The normalized spacial score (nSPS) is 10.8. The number of pyridine rings is 1. The maximum absolute atomic E-state index is 13.0. The van der Waals surface area contributed by atoms with E-state index in [1.807, 2.05) is 4.57 Å². The molecule has 2 heterocycles. The lowest BCUT2D eigenvalue weighted by Gasteiger charge is -2.06. The molecule has 0 saturated heterocycles. The highest BCUT2D eigenvalue weighted by molar-refractivity contribution is 5.97. The zero-order valence-electron chi connectivity index (χ0n) is 11.9. The van der Waals surface area contributed by atoms with Gasteiger partial charge in [-0.15, -0.1) is 0 Å². The Morgan fingerprint density at radius 3 is 2.77 bits per heavy atom. The van der Waals surface area contributed by atoms with Gasteiger partial charge >= 0.3 is 5.97 Å². The summed E-state index contributed by atoms with van der Waals surface area (Å²) in [5.74, 6) is -0.780. The number of nitrogens with two attached hydrogens (primary N) is 1. The van der Waals surface area contributed by atoms with Crippen LogP contribution >= 0.6 is 0 Å². The number of aromatic nitrogens is 2. The molecule has 0 radical (unpaired) electrons. The lowest BCUT2D eigenvalue weighted by molar-refractivity contribution is 0.0594. The van der Waals surface area contributed by atoms with E-state index in [9.17, 15) is 9.18 Å². The van der Waals surface area contributed by atoms with Crippen LogP contribution in [0.2, 0.25) is 0 Å². The van der Waals surface area contributed by atoms with Gasteiger partial charge in [0.25, 0.3) is 0 Å². The predicted molar refractivity (Wildman–Crippen MR) is 81.0 cm³/mol. The molecule has 112 valence electrons. The van der Waals surface area contributed by atoms with E-state index in [1.54, 1.807) is 30.6 Å². The van der Waals surface area contributed by atoms with Gasteiger partial charge in [-0.25, -0.2) is 14.2 Å². The number of hydrogen-bond acceptors (Lipinski definition) is 4. The zero-order chi connectivity index (χ0) is 15.7. The van der Waals surface area contributed by atoms with Gasteiger partial charge in [-0.2, -0.15) is 0 Å². The number of hydrogen-bond donors (Lipinski definition) is 1. The van der Waals surface area contributed by atoms with Crippen molar-refractivity contribution in [1.82, 2.24) is 9.55 Å². The molecule has 2 N–H and O–H groups in total. The molecule has 22 heavy (non-hydrogen) atoms. The Kier molecular flexibility index (Phi) is 3.50. The Morgan fingerprint density at radius 1 is 1.36 bits per heavy atom. The van der Waals surface area contributed by atoms with E-state index in [0.29, 0.717) is 12.2 Å². The molecular weight excluding hydrogens is 285 g/mol. The Bertz CT molecular complexity index is 840. The fraction of sp³-hybridized carbons (Fsp3) is 0.125. The van der Waals surface area contributed by atoms with Crippen molar-refractivity contribution >= 4 is 22.6 Å². The molecule has 1 aromatic carbocycles. The number of carbonyl (C=O) groups is 1. The Hall–Kier alpha value is -2.89. The topological polar surface area (TPSA) is 70.1 Å². The molecule has 0 atom stereocenters. The molecule has 0 unspecified atom stereocenters. The molecule has 2 aromatic heterocycles. The molecule has 0 bridgehead atoms. The minimum absolute atomic E-state index is 0.209. The first-order valence-electron chi connectivity index (χ1n) is 6.65. The van der Waals surface area contributed by atoms with Gasteiger partial charge in [0.2, 0.25) is 0 Å². The summed E-state index contributed by atoms with van der Waals surface area (Å²) in [5.41, 5.74) is 8.50. The fourth-order valence-corrected chi connectivity index (χ4v) is 2.35. The number of anilines is 1. The van der Waals surface area contributed by atoms with Crippen LogP contribution < -0.4 is 5.73 Å². The predicted octanol–water partition coefficient (Wildman–Crippen LogP) is 2.59. The van der Waals surface area contributed by atoms with E-state index in [0.717, 1.165) is 16.5 Å². The molecule has 3 aromatic rings. The van der Waals surface area contributed by atoms with E-state index < -0.39 is 5.97 Å². The summed E-state index contributed by atoms with van der Waals surface area (Å²) in [7, 11) is 1.30. The number of nitrogens with zero attached hydrogens (tertiary/aromatic N) is 2. The Balaban J connectivity index is 2.00. The molecule has 0 amide bonds. The summed E-state index contributed by atoms with van der Waals surface area (Å²) in [5, 5.41) is 0.734. The van der Waals surface area contributed by atoms with Gasteiger partial charge in [0.1, 0.15) is 11.5 Å². The van der Waals surface area contributed by atoms with Gasteiger partial charge in [-0.05, 0) is 23.8 Å². The van der Waals surface area contributed by atoms with Crippen molar-refractivity contribution in [3.05, 3.63) is 59.8 Å².